The zero-order valence-electron chi connectivity index (χ0n) is 20.4. The zero-order valence-corrected chi connectivity index (χ0v) is 20.4. The Bertz CT molecular complexity index is 1080. The van der Waals surface area contributed by atoms with Crippen molar-refractivity contribution in [3.05, 3.63) is 66.5 Å². The second-order valence-electron chi connectivity index (χ2n) is 8.34. The van der Waals surface area contributed by atoms with Gasteiger partial charge in [0.25, 0.3) is 0 Å². The summed E-state index contributed by atoms with van der Waals surface area (Å²) in [7, 11) is 1.61. The van der Waals surface area contributed by atoms with Crippen LogP contribution >= 0.6 is 0 Å². The van der Waals surface area contributed by atoms with Crippen molar-refractivity contribution in [3.63, 3.8) is 0 Å². The van der Waals surface area contributed by atoms with Crippen molar-refractivity contribution in [1.29, 1.82) is 0 Å². The van der Waals surface area contributed by atoms with Gasteiger partial charge in [-0.2, -0.15) is 5.10 Å². The molecule has 0 aliphatic rings. The van der Waals surface area contributed by atoms with E-state index >= 15 is 0 Å². The quantitative estimate of drug-likeness (QED) is 0.347. The first-order valence-corrected chi connectivity index (χ1v) is 12.0. The second kappa shape index (κ2) is 13.4. The Morgan fingerprint density at radius 1 is 1.06 bits per heavy atom. The SMILES string of the molecule is CCCCCC(=O)N(CCCOC)CC(=O)Nc1cc(-c2ccccc2)nn1-c1ccc(F)cc1. The van der Waals surface area contributed by atoms with Gasteiger partial charge in [0, 0.05) is 38.3 Å². The number of aromatic nitrogens is 2. The number of carbonyl (C=O) groups is 2. The third-order valence-electron chi connectivity index (χ3n) is 5.58. The number of methoxy groups -OCH3 is 1. The maximum Gasteiger partial charge on any atom is 0.245 e. The highest BCUT2D eigenvalue weighted by Gasteiger charge is 2.19. The van der Waals surface area contributed by atoms with Crippen LogP contribution in [0.2, 0.25) is 0 Å². The van der Waals surface area contributed by atoms with Gasteiger partial charge in [0.05, 0.1) is 17.9 Å². The van der Waals surface area contributed by atoms with Crippen molar-refractivity contribution in [2.24, 2.45) is 0 Å². The van der Waals surface area contributed by atoms with Crippen LogP contribution in [0.4, 0.5) is 10.2 Å². The van der Waals surface area contributed by atoms with Crippen LogP contribution in [0.3, 0.4) is 0 Å². The highest BCUT2D eigenvalue weighted by molar-refractivity contribution is 5.94. The van der Waals surface area contributed by atoms with Crippen LogP contribution in [0.25, 0.3) is 16.9 Å². The van der Waals surface area contributed by atoms with Crippen molar-refractivity contribution < 1.29 is 18.7 Å². The summed E-state index contributed by atoms with van der Waals surface area (Å²) >= 11 is 0. The van der Waals surface area contributed by atoms with E-state index in [1.165, 1.54) is 12.1 Å². The largest absolute Gasteiger partial charge is 0.385 e. The molecule has 0 atom stereocenters. The molecule has 0 aliphatic carbocycles. The Hall–Kier alpha value is -3.52. The number of anilines is 1. The molecule has 186 valence electrons. The number of rotatable bonds is 13. The molecular weight excluding hydrogens is 447 g/mol. The van der Waals surface area contributed by atoms with E-state index in [4.69, 9.17) is 4.74 Å². The van der Waals surface area contributed by atoms with Gasteiger partial charge in [0.2, 0.25) is 11.8 Å². The fourth-order valence-corrected chi connectivity index (χ4v) is 3.73. The van der Waals surface area contributed by atoms with E-state index in [1.54, 1.807) is 34.9 Å². The minimum atomic E-state index is -0.358. The molecule has 8 heteroatoms. The van der Waals surface area contributed by atoms with Gasteiger partial charge in [-0.1, -0.05) is 50.1 Å². The number of hydrogen-bond acceptors (Lipinski definition) is 4. The molecule has 0 spiro atoms. The van der Waals surface area contributed by atoms with E-state index < -0.39 is 0 Å². The van der Waals surface area contributed by atoms with Crippen LogP contribution in [-0.4, -0.2) is 53.3 Å². The number of benzene rings is 2. The van der Waals surface area contributed by atoms with Gasteiger partial charge in [-0.3, -0.25) is 9.59 Å². The van der Waals surface area contributed by atoms with E-state index in [0.29, 0.717) is 43.2 Å². The Balaban J connectivity index is 1.80. The number of amides is 2. The summed E-state index contributed by atoms with van der Waals surface area (Å²) in [5.74, 6) is -0.283. The molecule has 0 radical (unpaired) electrons. The molecule has 1 N–H and O–H groups in total. The van der Waals surface area contributed by atoms with Gasteiger partial charge in [0.1, 0.15) is 11.6 Å². The molecule has 35 heavy (non-hydrogen) atoms. The van der Waals surface area contributed by atoms with Gasteiger partial charge >= 0.3 is 0 Å². The number of carbonyl (C=O) groups excluding carboxylic acids is 2. The van der Waals surface area contributed by atoms with Crippen LogP contribution in [0.1, 0.15) is 39.0 Å². The van der Waals surface area contributed by atoms with Crippen molar-refractivity contribution >= 4 is 17.6 Å². The predicted molar refractivity (Wildman–Crippen MR) is 135 cm³/mol. The van der Waals surface area contributed by atoms with E-state index in [9.17, 15) is 14.0 Å². The summed E-state index contributed by atoms with van der Waals surface area (Å²) in [6.45, 7) is 2.98. The molecule has 3 rings (SSSR count). The number of hydrogen-bond donors (Lipinski definition) is 1. The highest BCUT2D eigenvalue weighted by Crippen LogP contribution is 2.25. The molecule has 0 saturated heterocycles. The molecule has 7 nitrogen and oxygen atoms in total. The number of ether oxygens (including phenoxy) is 1. The molecule has 0 bridgehead atoms. The van der Waals surface area contributed by atoms with E-state index in [1.807, 2.05) is 30.3 Å². The van der Waals surface area contributed by atoms with Gasteiger partial charge < -0.3 is 15.0 Å². The van der Waals surface area contributed by atoms with Crippen molar-refractivity contribution in [2.45, 2.75) is 39.0 Å². The van der Waals surface area contributed by atoms with Gasteiger partial charge in [-0.05, 0) is 37.1 Å². The van der Waals surface area contributed by atoms with E-state index in [2.05, 4.69) is 17.3 Å². The average molecular weight is 481 g/mol. The normalized spacial score (nSPS) is 10.8. The Morgan fingerprint density at radius 2 is 1.80 bits per heavy atom. The maximum absolute atomic E-state index is 13.5. The van der Waals surface area contributed by atoms with Crippen LogP contribution in [0.15, 0.2) is 60.7 Å². The van der Waals surface area contributed by atoms with Gasteiger partial charge in [-0.15, -0.1) is 0 Å². The van der Waals surface area contributed by atoms with Crippen LogP contribution in [-0.2, 0) is 14.3 Å². The molecule has 1 heterocycles. The fourth-order valence-electron chi connectivity index (χ4n) is 3.73. The molecule has 0 fully saturated rings. The van der Waals surface area contributed by atoms with Crippen LogP contribution in [0, 0.1) is 5.82 Å². The lowest BCUT2D eigenvalue weighted by Gasteiger charge is -2.22. The van der Waals surface area contributed by atoms with Crippen molar-refractivity contribution in [1.82, 2.24) is 14.7 Å². The molecule has 1 aromatic heterocycles. The molecule has 3 aromatic rings. The average Bonchev–Trinajstić information content (AvgIpc) is 3.28. The van der Waals surface area contributed by atoms with Gasteiger partial charge in [-0.25, -0.2) is 9.07 Å². The predicted octanol–water partition coefficient (Wildman–Crippen LogP) is 5.06. The number of nitrogens with zero attached hydrogens (tertiary/aromatic N) is 3. The molecule has 2 aromatic carbocycles. The molecule has 0 aliphatic heterocycles. The minimum Gasteiger partial charge on any atom is -0.385 e. The maximum atomic E-state index is 13.5. The Labute approximate surface area is 205 Å². The minimum absolute atomic E-state index is 0.0401. The number of unbranched alkanes of at least 4 members (excludes halogenated alkanes) is 2. The summed E-state index contributed by atoms with van der Waals surface area (Å²) in [5, 5.41) is 7.54. The summed E-state index contributed by atoms with van der Waals surface area (Å²) in [5.41, 5.74) is 2.16. The second-order valence-corrected chi connectivity index (χ2v) is 8.34. The molecule has 2 amide bonds. The van der Waals surface area contributed by atoms with E-state index in [0.717, 1.165) is 24.8 Å². The topological polar surface area (TPSA) is 76.5 Å². The number of halogens is 1. The third kappa shape index (κ3) is 7.75. The van der Waals surface area contributed by atoms with Crippen molar-refractivity contribution in [2.75, 3.05) is 32.1 Å². The highest BCUT2D eigenvalue weighted by atomic mass is 19.1. The first kappa shape index (κ1) is 26.1. The standard InChI is InChI=1S/C27H33FN4O3/c1-3-4-6-12-27(34)31(17-9-18-35-2)20-26(33)29-25-19-24(21-10-7-5-8-11-21)30-32(25)23-15-13-22(28)14-16-23/h5,7-8,10-11,13-16,19H,3-4,6,9,12,17-18,20H2,1-2H3,(H,29,33). The zero-order chi connectivity index (χ0) is 25.0. The van der Waals surface area contributed by atoms with Crippen LogP contribution < -0.4 is 5.32 Å². The monoisotopic (exact) mass is 480 g/mol. The first-order valence-electron chi connectivity index (χ1n) is 12.0. The summed E-state index contributed by atoms with van der Waals surface area (Å²) in [6, 6.07) is 17.2. The summed E-state index contributed by atoms with van der Waals surface area (Å²) in [6.07, 6.45) is 3.86. The summed E-state index contributed by atoms with van der Waals surface area (Å²) < 4.78 is 20.2. The molecule has 0 saturated carbocycles. The van der Waals surface area contributed by atoms with Gasteiger partial charge in [0.15, 0.2) is 0 Å². The smallest absolute Gasteiger partial charge is 0.245 e. The Morgan fingerprint density at radius 3 is 2.49 bits per heavy atom. The lowest BCUT2D eigenvalue weighted by Crippen LogP contribution is -2.39. The van der Waals surface area contributed by atoms with E-state index in [-0.39, 0.29) is 24.2 Å². The lowest BCUT2D eigenvalue weighted by molar-refractivity contribution is -0.135. The fraction of sp³-hybridized carbons (Fsp3) is 0.370. The summed E-state index contributed by atoms with van der Waals surface area (Å²) in [4.78, 5) is 27.4. The lowest BCUT2D eigenvalue weighted by atomic mass is 10.1. The first-order chi connectivity index (χ1) is 17.0. The van der Waals surface area contributed by atoms with Crippen LogP contribution in [0.5, 0.6) is 0 Å². The number of nitrogens with one attached hydrogen (secondary N) is 1. The molecular formula is C27H33FN4O3. The third-order valence-corrected chi connectivity index (χ3v) is 5.58. The molecule has 0 unspecified atom stereocenters. The Kier molecular flexibility index (Phi) is 9.98. The van der Waals surface area contributed by atoms with Crippen molar-refractivity contribution in [3.8, 4) is 16.9 Å².